The SMILES string of the molecule is CN(C)CC1CCN(S(=O)(=O)c2ccc(C#N)s2)CC1. The van der Waals surface area contributed by atoms with E-state index in [1.165, 1.54) is 6.07 Å². The van der Waals surface area contributed by atoms with Crippen LogP contribution in [0.25, 0.3) is 0 Å². The Morgan fingerprint density at radius 3 is 2.55 bits per heavy atom. The molecule has 2 rings (SSSR count). The summed E-state index contributed by atoms with van der Waals surface area (Å²) in [5.41, 5.74) is 0. The third-order valence-corrected chi connectivity index (χ3v) is 6.84. The lowest BCUT2D eigenvalue weighted by Crippen LogP contribution is -2.40. The van der Waals surface area contributed by atoms with Crippen LogP contribution < -0.4 is 0 Å². The molecule has 0 unspecified atom stereocenters. The minimum atomic E-state index is -3.42. The normalized spacial score (nSPS) is 18.3. The maximum atomic E-state index is 12.5. The van der Waals surface area contributed by atoms with Crippen molar-refractivity contribution in [2.45, 2.75) is 17.1 Å². The van der Waals surface area contributed by atoms with Crippen LogP contribution in [0.2, 0.25) is 0 Å². The molecule has 0 spiro atoms. The molecule has 0 amide bonds. The largest absolute Gasteiger partial charge is 0.309 e. The summed E-state index contributed by atoms with van der Waals surface area (Å²) < 4.78 is 26.7. The molecule has 0 aromatic carbocycles. The van der Waals surface area contributed by atoms with Gasteiger partial charge in [0.25, 0.3) is 10.0 Å². The summed E-state index contributed by atoms with van der Waals surface area (Å²) in [5.74, 6) is 0.564. The molecule has 1 aromatic rings. The zero-order valence-corrected chi connectivity index (χ0v) is 13.4. The van der Waals surface area contributed by atoms with Gasteiger partial charge in [0, 0.05) is 19.6 Å². The molecule has 0 radical (unpaired) electrons. The van der Waals surface area contributed by atoms with Gasteiger partial charge in [-0.05, 0) is 45.0 Å². The zero-order chi connectivity index (χ0) is 14.8. The average molecular weight is 313 g/mol. The first-order valence-corrected chi connectivity index (χ1v) is 8.84. The van der Waals surface area contributed by atoms with Gasteiger partial charge in [-0.15, -0.1) is 11.3 Å². The van der Waals surface area contributed by atoms with Crippen molar-refractivity contribution in [1.82, 2.24) is 9.21 Å². The van der Waals surface area contributed by atoms with Crippen molar-refractivity contribution in [2.24, 2.45) is 5.92 Å². The molecule has 1 aliphatic heterocycles. The molecule has 5 nitrogen and oxygen atoms in total. The Labute approximate surface area is 124 Å². The molecule has 0 N–H and O–H groups in total. The summed E-state index contributed by atoms with van der Waals surface area (Å²) >= 11 is 1.05. The molecule has 0 saturated carbocycles. The highest BCUT2D eigenvalue weighted by atomic mass is 32.2. The first kappa shape index (κ1) is 15.4. The van der Waals surface area contributed by atoms with E-state index in [0.717, 1.165) is 30.7 Å². The maximum absolute atomic E-state index is 12.5. The molecular weight excluding hydrogens is 294 g/mol. The lowest BCUT2D eigenvalue weighted by molar-refractivity contribution is 0.225. The smallest absolute Gasteiger partial charge is 0.252 e. The number of piperidine rings is 1. The molecular formula is C13H19N3O2S2. The van der Waals surface area contributed by atoms with E-state index in [0.29, 0.717) is 23.9 Å². The molecule has 0 bridgehead atoms. The molecule has 1 saturated heterocycles. The van der Waals surface area contributed by atoms with E-state index < -0.39 is 10.0 Å². The first-order valence-electron chi connectivity index (χ1n) is 6.58. The number of hydrogen-bond acceptors (Lipinski definition) is 5. The number of sulfonamides is 1. The van der Waals surface area contributed by atoms with Crippen LogP contribution >= 0.6 is 11.3 Å². The van der Waals surface area contributed by atoms with Crippen LogP contribution in [0.3, 0.4) is 0 Å². The molecule has 7 heteroatoms. The molecule has 1 aliphatic rings. The lowest BCUT2D eigenvalue weighted by atomic mass is 9.98. The van der Waals surface area contributed by atoms with E-state index in [1.807, 2.05) is 20.2 Å². The number of hydrogen-bond donors (Lipinski definition) is 0. The lowest BCUT2D eigenvalue weighted by Gasteiger charge is -2.32. The Balaban J connectivity index is 2.04. The van der Waals surface area contributed by atoms with Gasteiger partial charge in [0.2, 0.25) is 0 Å². The standard InChI is InChI=1S/C13H19N3O2S2/c1-15(2)10-11-5-7-16(8-6-11)20(17,18)13-4-3-12(9-14)19-13/h3-4,11H,5-8,10H2,1-2H3. The Hall–Kier alpha value is -0.940. The highest BCUT2D eigenvalue weighted by molar-refractivity contribution is 7.91. The second kappa shape index (κ2) is 6.22. The van der Waals surface area contributed by atoms with Crippen molar-refractivity contribution in [3.8, 4) is 6.07 Å². The van der Waals surface area contributed by atoms with Gasteiger partial charge in [-0.2, -0.15) is 9.57 Å². The average Bonchev–Trinajstić information content (AvgIpc) is 2.88. The van der Waals surface area contributed by atoms with E-state index in [4.69, 9.17) is 5.26 Å². The Kier molecular flexibility index (Phi) is 4.81. The molecule has 1 aromatic heterocycles. The number of rotatable bonds is 4. The minimum Gasteiger partial charge on any atom is -0.309 e. The molecule has 1 fully saturated rings. The predicted molar refractivity (Wildman–Crippen MR) is 79.1 cm³/mol. The Morgan fingerprint density at radius 2 is 2.05 bits per heavy atom. The van der Waals surface area contributed by atoms with Crippen LogP contribution in [0.5, 0.6) is 0 Å². The van der Waals surface area contributed by atoms with Crippen LogP contribution in [-0.2, 0) is 10.0 Å². The van der Waals surface area contributed by atoms with Gasteiger partial charge in [0.1, 0.15) is 15.2 Å². The van der Waals surface area contributed by atoms with Crippen LogP contribution in [-0.4, -0.2) is 51.4 Å². The Bertz CT molecular complexity index is 593. The third-order valence-electron chi connectivity index (χ3n) is 3.48. The second-order valence-electron chi connectivity index (χ2n) is 5.34. The van der Waals surface area contributed by atoms with E-state index in [9.17, 15) is 8.42 Å². The highest BCUT2D eigenvalue weighted by Crippen LogP contribution is 2.28. The van der Waals surface area contributed by atoms with Crippen molar-refractivity contribution in [2.75, 3.05) is 33.7 Å². The van der Waals surface area contributed by atoms with E-state index >= 15 is 0 Å². The summed E-state index contributed by atoms with van der Waals surface area (Å²) in [4.78, 5) is 2.58. The van der Waals surface area contributed by atoms with Crippen molar-refractivity contribution in [3.63, 3.8) is 0 Å². The zero-order valence-electron chi connectivity index (χ0n) is 11.7. The van der Waals surface area contributed by atoms with Crippen molar-refractivity contribution in [3.05, 3.63) is 17.0 Å². The summed E-state index contributed by atoms with van der Waals surface area (Å²) in [6.07, 6.45) is 1.79. The first-order chi connectivity index (χ1) is 9.43. The third kappa shape index (κ3) is 3.38. The molecule has 0 atom stereocenters. The van der Waals surface area contributed by atoms with E-state index in [-0.39, 0.29) is 4.21 Å². The Morgan fingerprint density at radius 1 is 1.40 bits per heavy atom. The topological polar surface area (TPSA) is 64.4 Å². The fourth-order valence-corrected chi connectivity index (χ4v) is 5.22. The van der Waals surface area contributed by atoms with Gasteiger partial charge in [0.15, 0.2) is 0 Å². The maximum Gasteiger partial charge on any atom is 0.252 e. The van der Waals surface area contributed by atoms with Crippen LogP contribution in [0.15, 0.2) is 16.3 Å². The highest BCUT2D eigenvalue weighted by Gasteiger charge is 2.30. The van der Waals surface area contributed by atoms with Crippen LogP contribution in [0.4, 0.5) is 0 Å². The van der Waals surface area contributed by atoms with Crippen LogP contribution in [0, 0.1) is 17.2 Å². The molecule has 20 heavy (non-hydrogen) atoms. The van der Waals surface area contributed by atoms with Gasteiger partial charge in [-0.1, -0.05) is 0 Å². The number of nitriles is 1. The molecule has 0 aliphatic carbocycles. The number of nitrogens with zero attached hydrogens (tertiary/aromatic N) is 3. The summed E-state index contributed by atoms with van der Waals surface area (Å²) in [7, 11) is 0.664. The van der Waals surface area contributed by atoms with E-state index in [1.54, 1.807) is 10.4 Å². The number of thiophene rings is 1. The molecule has 110 valence electrons. The summed E-state index contributed by atoms with van der Waals surface area (Å²) in [5, 5.41) is 8.79. The van der Waals surface area contributed by atoms with Gasteiger partial charge < -0.3 is 4.90 Å². The molecule has 2 heterocycles. The second-order valence-corrected chi connectivity index (χ2v) is 8.59. The summed E-state index contributed by atoms with van der Waals surface area (Å²) in [6.45, 7) is 2.15. The quantitative estimate of drug-likeness (QED) is 0.846. The monoisotopic (exact) mass is 313 g/mol. The van der Waals surface area contributed by atoms with Crippen LogP contribution in [0.1, 0.15) is 17.7 Å². The predicted octanol–water partition coefficient (Wildman–Crippen LogP) is 1.58. The summed E-state index contributed by atoms with van der Waals surface area (Å²) in [6, 6.07) is 5.08. The van der Waals surface area contributed by atoms with Gasteiger partial charge in [-0.25, -0.2) is 8.42 Å². The van der Waals surface area contributed by atoms with Gasteiger partial charge >= 0.3 is 0 Å². The van der Waals surface area contributed by atoms with E-state index in [2.05, 4.69) is 4.90 Å². The van der Waals surface area contributed by atoms with Crippen molar-refractivity contribution < 1.29 is 8.42 Å². The van der Waals surface area contributed by atoms with Crippen molar-refractivity contribution in [1.29, 1.82) is 5.26 Å². The van der Waals surface area contributed by atoms with Gasteiger partial charge in [0.05, 0.1) is 0 Å². The van der Waals surface area contributed by atoms with Crippen molar-refractivity contribution >= 4 is 21.4 Å². The van der Waals surface area contributed by atoms with Gasteiger partial charge in [-0.3, -0.25) is 0 Å². The minimum absolute atomic E-state index is 0.278. The fraction of sp³-hybridized carbons (Fsp3) is 0.615. The fourth-order valence-electron chi connectivity index (χ4n) is 2.49.